The Morgan fingerprint density at radius 3 is 2.79 bits per heavy atom. The number of aromatic carboxylic acids is 1. The van der Waals surface area contributed by atoms with E-state index in [4.69, 9.17) is 4.74 Å². The third-order valence-corrected chi connectivity index (χ3v) is 5.02. The number of carboxylic acid groups (broad SMARTS) is 1. The molecule has 8 heteroatoms. The summed E-state index contributed by atoms with van der Waals surface area (Å²) in [6.07, 6.45) is 4.93. The molecule has 0 saturated carbocycles. The van der Waals surface area contributed by atoms with Gasteiger partial charge < -0.3 is 19.3 Å². The molecule has 1 aromatic carbocycles. The van der Waals surface area contributed by atoms with Gasteiger partial charge in [0.25, 0.3) is 0 Å². The minimum atomic E-state index is -1.28. The highest BCUT2D eigenvalue weighted by molar-refractivity contribution is 5.87. The molecule has 2 aromatic rings. The van der Waals surface area contributed by atoms with Crippen LogP contribution in [-0.2, 0) is 17.9 Å². The number of halogens is 1. The minimum absolute atomic E-state index is 0.0277. The van der Waals surface area contributed by atoms with E-state index in [2.05, 4.69) is 0 Å². The molecule has 1 amide bonds. The molecule has 0 bridgehead atoms. The highest BCUT2D eigenvalue weighted by Gasteiger charge is 2.28. The van der Waals surface area contributed by atoms with Crippen LogP contribution in [0.3, 0.4) is 0 Å². The Kier molecular flexibility index (Phi) is 6.31. The van der Waals surface area contributed by atoms with Crippen molar-refractivity contribution in [3.05, 3.63) is 69.4 Å². The van der Waals surface area contributed by atoms with Gasteiger partial charge in [0.05, 0.1) is 6.04 Å². The number of pyridine rings is 1. The average molecular weight is 402 g/mol. The zero-order valence-electron chi connectivity index (χ0n) is 16.1. The number of rotatable bonds is 5. The number of piperidine rings is 1. The number of amides is 1. The van der Waals surface area contributed by atoms with Crippen molar-refractivity contribution < 1.29 is 23.8 Å². The molecule has 0 aliphatic carbocycles. The number of nitrogens with zero attached hydrogens (tertiary/aromatic N) is 2. The Morgan fingerprint density at radius 1 is 1.28 bits per heavy atom. The van der Waals surface area contributed by atoms with E-state index in [0.717, 1.165) is 19.3 Å². The highest BCUT2D eigenvalue weighted by atomic mass is 19.1. The minimum Gasteiger partial charge on any atom is -0.477 e. The number of benzene rings is 1. The number of ether oxygens (including phenoxy) is 1. The van der Waals surface area contributed by atoms with Crippen LogP contribution in [0, 0.1) is 12.7 Å². The number of carboxylic acids is 1. The van der Waals surface area contributed by atoms with Crippen LogP contribution in [0.1, 0.15) is 40.7 Å². The van der Waals surface area contributed by atoms with Gasteiger partial charge in [0.2, 0.25) is 0 Å². The van der Waals surface area contributed by atoms with Gasteiger partial charge in [-0.1, -0.05) is 12.1 Å². The quantitative estimate of drug-likeness (QED) is 0.830. The number of likely N-dealkylation sites (tertiary alicyclic amines) is 1. The molecule has 1 fully saturated rings. The van der Waals surface area contributed by atoms with Crippen LogP contribution in [0.4, 0.5) is 9.18 Å². The van der Waals surface area contributed by atoms with E-state index in [0.29, 0.717) is 24.2 Å². The highest BCUT2D eigenvalue weighted by Crippen LogP contribution is 2.20. The van der Waals surface area contributed by atoms with Crippen molar-refractivity contribution in [2.75, 3.05) is 6.54 Å². The number of carbonyl (C=O) groups excluding carboxylic acids is 1. The standard InChI is InChI=1S/C21H23FN2O5/c1-14-10-23(12-18(19(14)25)20(26)27)11-17-7-2-3-8-24(17)21(28)29-13-15-5-4-6-16(22)9-15/h4-6,9-10,12,17H,2-3,7-8,11,13H2,1H3,(H,26,27). The van der Waals surface area contributed by atoms with Crippen LogP contribution in [0.5, 0.6) is 0 Å². The van der Waals surface area contributed by atoms with Gasteiger partial charge in [0.15, 0.2) is 5.43 Å². The molecule has 7 nitrogen and oxygen atoms in total. The number of carbonyl (C=O) groups is 2. The summed E-state index contributed by atoms with van der Waals surface area (Å²) in [6.45, 7) is 2.42. The number of hydrogen-bond donors (Lipinski definition) is 1. The first-order chi connectivity index (χ1) is 13.8. The van der Waals surface area contributed by atoms with Gasteiger partial charge in [-0.25, -0.2) is 14.0 Å². The van der Waals surface area contributed by atoms with Gasteiger partial charge in [-0.2, -0.15) is 0 Å². The molecule has 154 valence electrons. The van der Waals surface area contributed by atoms with Crippen molar-refractivity contribution in [2.24, 2.45) is 0 Å². The number of aryl methyl sites for hydroxylation is 1. The molecule has 1 atom stereocenters. The van der Waals surface area contributed by atoms with E-state index in [1.165, 1.54) is 18.3 Å². The summed E-state index contributed by atoms with van der Waals surface area (Å²) in [7, 11) is 0. The summed E-state index contributed by atoms with van der Waals surface area (Å²) in [5, 5.41) is 9.23. The fraction of sp³-hybridized carbons (Fsp3) is 0.381. The van der Waals surface area contributed by atoms with Crippen molar-refractivity contribution >= 4 is 12.1 Å². The van der Waals surface area contributed by atoms with Crippen molar-refractivity contribution in [1.82, 2.24) is 9.47 Å². The van der Waals surface area contributed by atoms with Crippen LogP contribution < -0.4 is 5.43 Å². The van der Waals surface area contributed by atoms with Crippen molar-refractivity contribution in [2.45, 2.75) is 45.4 Å². The lowest BCUT2D eigenvalue weighted by Crippen LogP contribution is -2.46. The first-order valence-corrected chi connectivity index (χ1v) is 9.47. The second-order valence-electron chi connectivity index (χ2n) is 7.21. The largest absolute Gasteiger partial charge is 0.477 e. The van der Waals surface area contributed by atoms with Crippen LogP contribution in [0.15, 0.2) is 41.5 Å². The Hall–Kier alpha value is -3.16. The molecule has 0 spiro atoms. The van der Waals surface area contributed by atoms with Gasteiger partial charge in [0.1, 0.15) is 18.0 Å². The van der Waals surface area contributed by atoms with Crippen molar-refractivity contribution in [1.29, 1.82) is 0 Å². The predicted molar refractivity (Wildman–Crippen MR) is 103 cm³/mol. The average Bonchev–Trinajstić information content (AvgIpc) is 2.69. The Labute approximate surface area is 167 Å². The molecule has 1 aliphatic heterocycles. The van der Waals surface area contributed by atoms with Crippen molar-refractivity contribution in [3.63, 3.8) is 0 Å². The zero-order chi connectivity index (χ0) is 21.0. The maximum absolute atomic E-state index is 13.3. The summed E-state index contributed by atoms with van der Waals surface area (Å²) in [4.78, 5) is 37.5. The first-order valence-electron chi connectivity index (χ1n) is 9.47. The zero-order valence-corrected chi connectivity index (χ0v) is 16.1. The lowest BCUT2D eigenvalue weighted by molar-refractivity contribution is 0.0630. The monoisotopic (exact) mass is 402 g/mol. The van der Waals surface area contributed by atoms with E-state index in [1.807, 2.05) is 0 Å². The van der Waals surface area contributed by atoms with E-state index in [9.17, 15) is 23.9 Å². The molecule has 1 unspecified atom stereocenters. The van der Waals surface area contributed by atoms with Gasteiger partial charge in [-0.3, -0.25) is 4.79 Å². The molecular weight excluding hydrogens is 379 g/mol. The van der Waals surface area contributed by atoms with Gasteiger partial charge >= 0.3 is 12.1 Å². The Bertz CT molecular complexity index is 972. The molecule has 1 aliphatic rings. The molecular formula is C21H23FN2O5. The lowest BCUT2D eigenvalue weighted by Gasteiger charge is -2.35. The molecule has 1 aromatic heterocycles. The van der Waals surface area contributed by atoms with Crippen LogP contribution >= 0.6 is 0 Å². The summed E-state index contributed by atoms with van der Waals surface area (Å²) in [5.41, 5.74) is 0.0970. The maximum Gasteiger partial charge on any atom is 0.410 e. The summed E-state index contributed by atoms with van der Waals surface area (Å²) in [5.74, 6) is -1.67. The molecule has 3 rings (SSSR count). The van der Waals surface area contributed by atoms with E-state index in [-0.39, 0.29) is 18.2 Å². The van der Waals surface area contributed by atoms with E-state index in [1.54, 1.807) is 34.7 Å². The fourth-order valence-corrected chi connectivity index (χ4v) is 3.57. The predicted octanol–water partition coefficient (Wildman–Crippen LogP) is 3.19. The smallest absolute Gasteiger partial charge is 0.410 e. The van der Waals surface area contributed by atoms with E-state index >= 15 is 0 Å². The van der Waals surface area contributed by atoms with Crippen LogP contribution in [0.2, 0.25) is 0 Å². The number of aromatic nitrogens is 1. The molecule has 1 N–H and O–H groups in total. The van der Waals surface area contributed by atoms with Gasteiger partial charge in [0, 0.05) is 31.0 Å². The third kappa shape index (κ3) is 5.01. The number of hydrogen-bond acceptors (Lipinski definition) is 4. The first kappa shape index (κ1) is 20.6. The van der Waals surface area contributed by atoms with E-state index < -0.39 is 23.3 Å². The second-order valence-corrected chi connectivity index (χ2v) is 7.21. The second kappa shape index (κ2) is 8.89. The van der Waals surface area contributed by atoms with Crippen LogP contribution in [0.25, 0.3) is 0 Å². The Balaban J connectivity index is 1.72. The topological polar surface area (TPSA) is 88.8 Å². The fourth-order valence-electron chi connectivity index (χ4n) is 3.57. The summed E-state index contributed by atoms with van der Waals surface area (Å²) >= 11 is 0. The maximum atomic E-state index is 13.3. The SMILES string of the molecule is Cc1cn(CC2CCCCN2C(=O)OCc2cccc(F)c2)cc(C(=O)O)c1=O. The van der Waals surface area contributed by atoms with Gasteiger partial charge in [-0.05, 0) is 43.9 Å². The summed E-state index contributed by atoms with van der Waals surface area (Å²) < 4.78 is 20.3. The molecule has 0 radical (unpaired) electrons. The van der Waals surface area contributed by atoms with Crippen LogP contribution in [-0.4, -0.2) is 39.2 Å². The lowest BCUT2D eigenvalue weighted by atomic mass is 10.0. The van der Waals surface area contributed by atoms with Gasteiger partial charge in [-0.15, -0.1) is 0 Å². The Morgan fingerprint density at radius 2 is 2.07 bits per heavy atom. The molecule has 29 heavy (non-hydrogen) atoms. The third-order valence-electron chi connectivity index (χ3n) is 5.02. The molecule has 2 heterocycles. The van der Waals surface area contributed by atoms with Crippen molar-refractivity contribution in [3.8, 4) is 0 Å². The summed E-state index contributed by atoms with van der Waals surface area (Å²) in [6, 6.07) is 5.69. The molecule has 1 saturated heterocycles. The normalized spacial score (nSPS) is 16.5.